The highest BCUT2D eigenvalue weighted by Gasteiger charge is 2.09. The molecule has 1 rings (SSSR count). The summed E-state index contributed by atoms with van der Waals surface area (Å²) in [5.41, 5.74) is 2.30. The molecular formula is C9H17N7O2. The van der Waals surface area contributed by atoms with E-state index in [1.807, 2.05) is 13.8 Å². The number of aromatic nitrogens is 3. The standard InChI is InChI=1S/C9H17N7O2/c1-5(2)18-9-14-7(12-4-6(17)11-3)13-8(15-9)16-10/h5H,4,10H2,1-3H3,(H,11,17)(H2,12,13,14,15,16). The second kappa shape index (κ2) is 6.55. The van der Waals surface area contributed by atoms with E-state index in [0.29, 0.717) is 0 Å². The number of nitrogen functional groups attached to an aromatic ring is 1. The Morgan fingerprint density at radius 2 is 2.00 bits per heavy atom. The van der Waals surface area contributed by atoms with Gasteiger partial charge >= 0.3 is 6.01 Å². The number of hydrogen-bond acceptors (Lipinski definition) is 8. The van der Waals surface area contributed by atoms with Crippen LogP contribution in [-0.4, -0.2) is 40.6 Å². The van der Waals surface area contributed by atoms with Gasteiger partial charge in [-0.15, -0.1) is 0 Å². The van der Waals surface area contributed by atoms with Gasteiger partial charge in [-0.1, -0.05) is 0 Å². The zero-order valence-electron chi connectivity index (χ0n) is 10.5. The Balaban J connectivity index is 2.79. The zero-order chi connectivity index (χ0) is 13.5. The number of nitrogens with one attached hydrogen (secondary N) is 3. The molecule has 0 spiro atoms. The molecule has 0 radical (unpaired) electrons. The normalized spacial score (nSPS) is 10.1. The van der Waals surface area contributed by atoms with E-state index >= 15 is 0 Å². The summed E-state index contributed by atoms with van der Waals surface area (Å²) in [5.74, 6) is 5.40. The molecule has 0 bridgehead atoms. The lowest BCUT2D eigenvalue weighted by molar-refractivity contribution is -0.118. The predicted octanol–water partition coefficient (Wildman–Crippen LogP) is -0.898. The molecule has 0 aliphatic rings. The molecule has 0 aromatic carbocycles. The molecule has 0 fully saturated rings. The van der Waals surface area contributed by atoms with Crippen molar-refractivity contribution < 1.29 is 9.53 Å². The first-order valence-electron chi connectivity index (χ1n) is 5.39. The van der Waals surface area contributed by atoms with Crippen LogP contribution >= 0.6 is 0 Å². The van der Waals surface area contributed by atoms with Crippen molar-refractivity contribution in [1.29, 1.82) is 0 Å². The number of nitrogens with two attached hydrogens (primary N) is 1. The molecule has 9 nitrogen and oxygen atoms in total. The fourth-order valence-corrected chi connectivity index (χ4v) is 1.01. The van der Waals surface area contributed by atoms with E-state index in [2.05, 4.69) is 31.0 Å². The first-order valence-corrected chi connectivity index (χ1v) is 5.39. The maximum absolute atomic E-state index is 11.1. The molecule has 0 saturated carbocycles. The largest absolute Gasteiger partial charge is 0.461 e. The highest BCUT2D eigenvalue weighted by molar-refractivity contribution is 5.79. The van der Waals surface area contributed by atoms with Crippen LogP contribution in [0.2, 0.25) is 0 Å². The quantitative estimate of drug-likeness (QED) is 0.380. The van der Waals surface area contributed by atoms with Gasteiger partial charge in [-0.25, -0.2) is 5.84 Å². The summed E-state index contributed by atoms with van der Waals surface area (Å²) in [6, 6.07) is 0.132. The lowest BCUT2D eigenvalue weighted by Crippen LogP contribution is -2.27. The topological polar surface area (TPSA) is 127 Å². The van der Waals surface area contributed by atoms with E-state index in [1.165, 1.54) is 7.05 Å². The smallest absolute Gasteiger partial charge is 0.323 e. The Kier molecular flexibility index (Phi) is 5.06. The number of likely N-dealkylation sites (N-methyl/N-ethyl adjacent to an activating group) is 1. The van der Waals surface area contributed by atoms with Gasteiger partial charge in [0.05, 0.1) is 12.6 Å². The summed E-state index contributed by atoms with van der Waals surface area (Å²) in [4.78, 5) is 22.9. The molecule has 0 atom stereocenters. The van der Waals surface area contributed by atoms with Gasteiger partial charge in [0.15, 0.2) is 0 Å². The van der Waals surface area contributed by atoms with E-state index in [0.717, 1.165) is 0 Å². The van der Waals surface area contributed by atoms with Crippen molar-refractivity contribution in [2.24, 2.45) is 5.84 Å². The number of anilines is 2. The lowest BCUT2D eigenvalue weighted by Gasteiger charge is -2.10. The minimum Gasteiger partial charge on any atom is -0.461 e. The van der Waals surface area contributed by atoms with E-state index < -0.39 is 0 Å². The number of hydrazine groups is 1. The van der Waals surface area contributed by atoms with Crippen LogP contribution in [0.4, 0.5) is 11.9 Å². The van der Waals surface area contributed by atoms with Crippen molar-refractivity contribution in [3.63, 3.8) is 0 Å². The van der Waals surface area contributed by atoms with Gasteiger partial charge in [0.2, 0.25) is 17.8 Å². The van der Waals surface area contributed by atoms with Crippen LogP contribution in [-0.2, 0) is 4.79 Å². The van der Waals surface area contributed by atoms with Gasteiger partial charge in [0.25, 0.3) is 0 Å². The van der Waals surface area contributed by atoms with Crippen LogP contribution in [0.1, 0.15) is 13.8 Å². The molecular weight excluding hydrogens is 238 g/mol. The summed E-state index contributed by atoms with van der Waals surface area (Å²) >= 11 is 0. The average molecular weight is 255 g/mol. The molecule has 1 amide bonds. The van der Waals surface area contributed by atoms with Crippen LogP contribution in [0.15, 0.2) is 0 Å². The van der Waals surface area contributed by atoms with Crippen LogP contribution in [0.3, 0.4) is 0 Å². The summed E-state index contributed by atoms with van der Waals surface area (Å²) < 4.78 is 5.33. The van der Waals surface area contributed by atoms with Gasteiger partial charge in [-0.3, -0.25) is 10.2 Å². The molecule has 18 heavy (non-hydrogen) atoms. The Labute approximate surface area is 105 Å². The van der Waals surface area contributed by atoms with Crippen LogP contribution < -0.4 is 26.6 Å². The highest BCUT2D eigenvalue weighted by atomic mass is 16.5. The fraction of sp³-hybridized carbons (Fsp3) is 0.556. The maximum atomic E-state index is 11.1. The number of hydrogen-bond donors (Lipinski definition) is 4. The fourth-order valence-electron chi connectivity index (χ4n) is 1.01. The number of carbonyl (C=O) groups is 1. The Bertz CT molecular complexity index is 410. The van der Waals surface area contributed by atoms with Crippen molar-refractivity contribution >= 4 is 17.8 Å². The number of nitrogens with zero attached hydrogens (tertiary/aromatic N) is 3. The molecule has 1 aromatic heterocycles. The van der Waals surface area contributed by atoms with Crippen LogP contribution in [0.25, 0.3) is 0 Å². The van der Waals surface area contributed by atoms with Crippen molar-refractivity contribution in [2.45, 2.75) is 20.0 Å². The van der Waals surface area contributed by atoms with Gasteiger partial charge in [-0.05, 0) is 13.8 Å². The van der Waals surface area contributed by atoms with E-state index in [1.54, 1.807) is 0 Å². The van der Waals surface area contributed by atoms with Crippen molar-refractivity contribution in [2.75, 3.05) is 24.3 Å². The number of rotatable bonds is 6. The van der Waals surface area contributed by atoms with Gasteiger partial charge in [0, 0.05) is 7.05 Å². The third kappa shape index (κ3) is 4.37. The van der Waals surface area contributed by atoms with Crippen LogP contribution in [0.5, 0.6) is 6.01 Å². The van der Waals surface area contributed by atoms with Gasteiger partial charge in [-0.2, -0.15) is 15.0 Å². The van der Waals surface area contributed by atoms with E-state index in [9.17, 15) is 4.79 Å². The summed E-state index contributed by atoms with van der Waals surface area (Å²) in [6.45, 7) is 3.74. The maximum Gasteiger partial charge on any atom is 0.323 e. The van der Waals surface area contributed by atoms with Gasteiger partial charge < -0.3 is 15.4 Å². The molecule has 100 valence electrons. The molecule has 1 heterocycles. The van der Waals surface area contributed by atoms with E-state index in [4.69, 9.17) is 10.6 Å². The number of carbonyl (C=O) groups excluding carboxylic acids is 1. The molecule has 0 saturated heterocycles. The average Bonchev–Trinajstić information content (AvgIpc) is 2.34. The molecule has 0 unspecified atom stereocenters. The molecule has 0 aliphatic carbocycles. The van der Waals surface area contributed by atoms with Crippen molar-refractivity contribution in [3.05, 3.63) is 0 Å². The third-order valence-corrected chi connectivity index (χ3v) is 1.77. The molecule has 9 heteroatoms. The van der Waals surface area contributed by atoms with Crippen molar-refractivity contribution in [3.8, 4) is 6.01 Å². The Morgan fingerprint density at radius 1 is 1.33 bits per heavy atom. The second-order valence-electron chi connectivity index (χ2n) is 3.60. The first kappa shape index (κ1) is 13.9. The summed E-state index contributed by atoms with van der Waals surface area (Å²) in [7, 11) is 1.54. The zero-order valence-corrected chi connectivity index (χ0v) is 10.5. The minimum absolute atomic E-state index is 0.0473. The van der Waals surface area contributed by atoms with Crippen molar-refractivity contribution in [1.82, 2.24) is 20.3 Å². The number of amides is 1. The number of ether oxygens (including phenoxy) is 1. The SMILES string of the molecule is CNC(=O)CNc1nc(NN)nc(OC(C)C)n1. The minimum atomic E-state index is -0.191. The summed E-state index contributed by atoms with van der Waals surface area (Å²) in [5, 5.41) is 5.20. The molecule has 1 aromatic rings. The molecule has 5 N–H and O–H groups in total. The lowest BCUT2D eigenvalue weighted by atomic mass is 10.5. The Hall–Kier alpha value is -2.16. The van der Waals surface area contributed by atoms with E-state index in [-0.39, 0.29) is 36.5 Å². The van der Waals surface area contributed by atoms with Crippen LogP contribution in [0, 0.1) is 0 Å². The monoisotopic (exact) mass is 255 g/mol. The molecule has 0 aliphatic heterocycles. The first-order chi connectivity index (χ1) is 8.55. The highest BCUT2D eigenvalue weighted by Crippen LogP contribution is 2.11. The van der Waals surface area contributed by atoms with Gasteiger partial charge in [0.1, 0.15) is 0 Å². The summed E-state index contributed by atoms with van der Waals surface area (Å²) in [6.07, 6.45) is -0.0789. The Morgan fingerprint density at radius 3 is 2.56 bits per heavy atom. The third-order valence-electron chi connectivity index (χ3n) is 1.77. The predicted molar refractivity (Wildman–Crippen MR) is 66.0 cm³/mol. The second-order valence-corrected chi connectivity index (χ2v) is 3.60.